The molecule has 0 radical (unpaired) electrons. The van der Waals surface area contributed by atoms with Gasteiger partial charge in [-0.25, -0.2) is 14.4 Å². The van der Waals surface area contributed by atoms with Crippen LogP contribution in [0.1, 0.15) is 38.3 Å². The summed E-state index contributed by atoms with van der Waals surface area (Å²) >= 11 is 0. The van der Waals surface area contributed by atoms with Gasteiger partial charge in [-0.3, -0.25) is 4.79 Å². The molecule has 0 bridgehead atoms. The van der Waals surface area contributed by atoms with Crippen molar-refractivity contribution in [1.29, 1.82) is 0 Å². The molecule has 0 fully saturated rings. The number of carbonyl (C=O) groups is 4. The van der Waals surface area contributed by atoms with E-state index >= 15 is 0 Å². The zero-order valence-corrected chi connectivity index (χ0v) is 20.9. The maximum atomic E-state index is 12.8. The van der Waals surface area contributed by atoms with Crippen LogP contribution in [0.3, 0.4) is 0 Å². The minimum absolute atomic E-state index is 0.0475. The van der Waals surface area contributed by atoms with Gasteiger partial charge in [0, 0.05) is 12.0 Å². The summed E-state index contributed by atoms with van der Waals surface area (Å²) in [6.45, 7) is 8.73. The summed E-state index contributed by atoms with van der Waals surface area (Å²) < 4.78 is 20.4. The van der Waals surface area contributed by atoms with Crippen LogP contribution in [0.25, 0.3) is 0 Å². The third-order valence-electron chi connectivity index (χ3n) is 4.65. The normalized spacial score (nSPS) is 11.6. The second-order valence-corrected chi connectivity index (χ2v) is 8.89. The molecule has 36 heavy (non-hydrogen) atoms. The van der Waals surface area contributed by atoms with Crippen LogP contribution >= 0.6 is 0 Å². The Balaban J connectivity index is 2.06. The molecule has 1 unspecified atom stereocenters. The average Bonchev–Trinajstić information content (AvgIpc) is 2.82. The summed E-state index contributed by atoms with van der Waals surface area (Å²) in [6, 6.07) is 14.5. The van der Waals surface area contributed by atoms with E-state index in [-0.39, 0.29) is 30.8 Å². The van der Waals surface area contributed by atoms with Gasteiger partial charge in [-0.2, -0.15) is 0 Å². The van der Waals surface area contributed by atoms with Gasteiger partial charge in [-0.1, -0.05) is 49.0 Å². The van der Waals surface area contributed by atoms with E-state index in [1.807, 2.05) is 30.3 Å². The van der Waals surface area contributed by atoms with Crippen molar-refractivity contribution in [2.24, 2.45) is 0 Å². The number of benzene rings is 2. The quantitative estimate of drug-likeness (QED) is 0.227. The van der Waals surface area contributed by atoms with Crippen LogP contribution in [0.5, 0.6) is 5.75 Å². The van der Waals surface area contributed by atoms with Crippen LogP contribution < -0.4 is 10.1 Å². The molecule has 2 aromatic rings. The SMILES string of the molecule is C=C(CC(=O)OC)C(=O)Oc1ccc(CC(NC(=O)OC(C)(C)C)C(=O)OCc2ccccc2)cc1. The fraction of sp³-hybridized carbons (Fsp3) is 0.333. The number of carbonyl (C=O) groups excluding carboxylic acids is 4. The van der Waals surface area contributed by atoms with E-state index in [4.69, 9.17) is 14.2 Å². The number of amides is 1. The molecular weight excluding hydrogens is 466 g/mol. The average molecular weight is 498 g/mol. The Bertz CT molecular complexity index is 1070. The largest absolute Gasteiger partial charge is 0.469 e. The molecular formula is C27H31NO8. The predicted molar refractivity (Wildman–Crippen MR) is 131 cm³/mol. The zero-order valence-electron chi connectivity index (χ0n) is 20.9. The third-order valence-corrected chi connectivity index (χ3v) is 4.65. The molecule has 0 aliphatic heterocycles. The molecule has 0 aliphatic carbocycles. The maximum absolute atomic E-state index is 12.8. The topological polar surface area (TPSA) is 117 Å². The summed E-state index contributed by atoms with van der Waals surface area (Å²) in [6.07, 6.45) is -0.925. The van der Waals surface area contributed by atoms with Crippen LogP contribution in [-0.2, 0) is 41.6 Å². The highest BCUT2D eigenvalue weighted by Gasteiger charge is 2.26. The Morgan fingerprint density at radius 3 is 2.17 bits per heavy atom. The molecule has 0 spiro atoms. The molecule has 1 amide bonds. The smallest absolute Gasteiger partial charge is 0.408 e. The number of ether oxygens (including phenoxy) is 4. The van der Waals surface area contributed by atoms with E-state index in [1.165, 1.54) is 19.2 Å². The first-order valence-electron chi connectivity index (χ1n) is 11.2. The van der Waals surface area contributed by atoms with Gasteiger partial charge in [0.2, 0.25) is 0 Å². The Hall–Kier alpha value is -4.14. The lowest BCUT2D eigenvalue weighted by molar-refractivity contribution is -0.147. The number of rotatable bonds is 10. The second-order valence-electron chi connectivity index (χ2n) is 8.89. The lowest BCUT2D eigenvalue weighted by Crippen LogP contribution is -2.45. The van der Waals surface area contributed by atoms with Gasteiger partial charge in [0.25, 0.3) is 0 Å². The molecule has 9 nitrogen and oxygen atoms in total. The molecule has 9 heteroatoms. The number of methoxy groups -OCH3 is 1. The summed E-state index contributed by atoms with van der Waals surface area (Å²) in [5.74, 6) is -1.77. The Kier molecular flexibility index (Phi) is 10.2. The third kappa shape index (κ3) is 10.0. The van der Waals surface area contributed by atoms with E-state index in [0.717, 1.165) is 5.56 Å². The highest BCUT2D eigenvalue weighted by molar-refractivity contribution is 5.94. The van der Waals surface area contributed by atoms with Gasteiger partial charge in [-0.05, 0) is 44.0 Å². The number of esters is 3. The van der Waals surface area contributed by atoms with Crippen molar-refractivity contribution < 1.29 is 38.1 Å². The summed E-state index contributed by atoms with van der Waals surface area (Å²) in [7, 11) is 1.21. The Morgan fingerprint density at radius 1 is 0.944 bits per heavy atom. The van der Waals surface area contributed by atoms with E-state index in [0.29, 0.717) is 5.56 Å². The van der Waals surface area contributed by atoms with Crippen molar-refractivity contribution in [3.63, 3.8) is 0 Å². The van der Waals surface area contributed by atoms with Gasteiger partial charge in [0.05, 0.1) is 13.5 Å². The number of hydrogen-bond donors (Lipinski definition) is 1. The summed E-state index contributed by atoms with van der Waals surface area (Å²) in [5.41, 5.74) is 0.683. The predicted octanol–water partition coefficient (Wildman–Crippen LogP) is 3.89. The number of nitrogens with one attached hydrogen (secondary N) is 1. The van der Waals surface area contributed by atoms with Crippen LogP contribution in [0.4, 0.5) is 4.79 Å². The Morgan fingerprint density at radius 2 is 1.58 bits per heavy atom. The number of hydrogen-bond acceptors (Lipinski definition) is 8. The molecule has 0 saturated carbocycles. The van der Waals surface area contributed by atoms with Crippen LogP contribution in [0, 0.1) is 0 Å². The molecule has 1 atom stereocenters. The summed E-state index contributed by atoms with van der Waals surface area (Å²) in [4.78, 5) is 48.5. The van der Waals surface area contributed by atoms with E-state index < -0.39 is 35.6 Å². The second kappa shape index (κ2) is 13.1. The Labute approximate surface area is 210 Å². The van der Waals surface area contributed by atoms with Gasteiger partial charge in [-0.15, -0.1) is 0 Å². The van der Waals surface area contributed by atoms with Crippen LogP contribution in [0.2, 0.25) is 0 Å². The van der Waals surface area contributed by atoms with Crippen molar-refractivity contribution in [1.82, 2.24) is 5.32 Å². The lowest BCUT2D eigenvalue weighted by Gasteiger charge is -2.23. The number of alkyl carbamates (subject to hydrolysis) is 1. The van der Waals surface area contributed by atoms with E-state index in [1.54, 1.807) is 32.9 Å². The summed E-state index contributed by atoms with van der Waals surface area (Å²) in [5, 5.41) is 2.57. The van der Waals surface area contributed by atoms with Crippen molar-refractivity contribution in [3.05, 3.63) is 77.9 Å². The first kappa shape index (κ1) is 28.1. The maximum Gasteiger partial charge on any atom is 0.408 e. The molecule has 0 heterocycles. The molecule has 0 aliphatic rings. The van der Waals surface area contributed by atoms with Crippen molar-refractivity contribution in [3.8, 4) is 5.75 Å². The van der Waals surface area contributed by atoms with Crippen molar-refractivity contribution >= 4 is 24.0 Å². The molecule has 2 rings (SSSR count). The first-order valence-corrected chi connectivity index (χ1v) is 11.2. The van der Waals surface area contributed by atoms with Gasteiger partial charge in [0.1, 0.15) is 24.0 Å². The van der Waals surface area contributed by atoms with Crippen LogP contribution in [0.15, 0.2) is 66.7 Å². The van der Waals surface area contributed by atoms with Crippen molar-refractivity contribution in [2.75, 3.05) is 7.11 Å². The minimum Gasteiger partial charge on any atom is -0.469 e. The lowest BCUT2D eigenvalue weighted by atomic mass is 10.1. The van der Waals surface area contributed by atoms with Crippen molar-refractivity contribution in [2.45, 2.75) is 51.9 Å². The van der Waals surface area contributed by atoms with Gasteiger partial charge in [0.15, 0.2) is 0 Å². The highest BCUT2D eigenvalue weighted by atomic mass is 16.6. The zero-order chi connectivity index (χ0) is 26.7. The molecule has 0 saturated heterocycles. The minimum atomic E-state index is -1.02. The standard InChI is InChI=1S/C27H31NO8/c1-18(15-23(29)33-5)24(30)35-21-13-11-19(12-14-21)16-22(28-26(32)36-27(2,3)4)25(31)34-17-20-9-7-6-8-10-20/h6-14,22H,1,15-17H2,2-5H3,(H,28,32). The molecule has 2 aromatic carbocycles. The molecule has 192 valence electrons. The van der Waals surface area contributed by atoms with E-state index in [2.05, 4.69) is 16.6 Å². The molecule has 0 aromatic heterocycles. The highest BCUT2D eigenvalue weighted by Crippen LogP contribution is 2.17. The fourth-order valence-electron chi connectivity index (χ4n) is 2.90. The first-order chi connectivity index (χ1) is 17.0. The van der Waals surface area contributed by atoms with Crippen LogP contribution in [-0.4, -0.2) is 42.8 Å². The monoisotopic (exact) mass is 497 g/mol. The molecule has 1 N–H and O–H groups in total. The van der Waals surface area contributed by atoms with Gasteiger partial charge < -0.3 is 24.3 Å². The van der Waals surface area contributed by atoms with E-state index in [9.17, 15) is 19.2 Å². The fourth-order valence-corrected chi connectivity index (χ4v) is 2.90. The van der Waals surface area contributed by atoms with Gasteiger partial charge >= 0.3 is 24.0 Å².